The van der Waals surface area contributed by atoms with Crippen molar-refractivity contribution < 1.29 is 4.79 Å². The fourth-order valence-electron chi connectivity index (χ4n) is 1.88. The van der Waals surface area contributed by atoms with Crippen LogP contribution in [0.15, 0.2) is 18.6 Å². The van der Waals surface area contributed by atoms with Gasteiger partial charge in [-0.2, -0.15) is 5.10 Å². The van der Waals surface area contributed by atoms with E-state index in [4.69, 9.17) is 0 Å². The van der Waals surface area contributed by atoms with Crippen LogP contribution in [0.2, 0.25) is 0 Å². The van der Waals surface area contributed by atoms with Crippen LogP contribution >= 0.6 is 0 Å². The maximum atomic E-state index is 12.0. The number of aromatic nitrogens is 5. The van der Waals surface area contributed by atoms with E-state index in [2.05, 4.69) is 20.7 Å². The Morgan fingerprint density at radius 2 is 2.33 bits per heavy atom. The van der Waals surface area contributed by atoms with Gasteiger partial charge in [-0.3, -0.25) is 9.48 Å². The molecule has 1 aliphatic rings. The van der Waals surface area contributed by atoms with Crippen LogP contribution in [0.1, 0.15) is 22.1 Å². The summed E-state index contributed by atoms with van der Waals surface area (Å²) in [5.41, 5.74) is 1.31. The summed E-state index contributed by atoms with van der Waals surface area (Å²) >= 11 is 0. The fraction of sp³-hybridized carbons (Fsp3) is 0.455. The molecular weight excluding hydrogens is 232 g/mol. The van der Waals surface area contributed by atoms with Crippen molar-refractivity contribution in [1.29, 1.82) is 0 Å². The van der Waals surface area contributed by atoms with Crippen LogP contribution in [0.5, 0.6) is 0 Å². The zero-order valence-electron chi connectivity index (χ0n) is 10.1. The maximum Gasteiger partial charge on any atom is 0.189 e. The van der Waals surface area contributed by atoms with Gasteiger partial charge in [-0.05, 0) is 5.56 Å². The Bertz CT molecular complexity index is 568. The third-order valence-electron chi connectivity index (χ3n) is 3.05. The summed E-state index contributed by atoms with van der Waals surface area (Å²) in [6, 6.07) is 0.331. The molecule has 2 aromatic heterocycles. The van der Waals surface area contributed by atoms with Gasteiger partial charge in [0.1, 0.15) is 5.69 Å². The molecule has 1 N–H and O–H groups in total. The Kier molecular flexibility index (Phi) is 2.67. The first-order valence-electron chi connectivity index (χ1n) is 5.85. The number of nitrogens with one attached hydrogen (secondary N) is 1. The summed E-state index contributed by atoms with van der Waals surface area (Å²) in [5, 5.41) is 15.1. The molecule has 0 saturated carbocycles. The van der Waals surface area contributed by atoms with Gasteiger partial charge in [0.2, 0.25) is 0 Å². The minimum atomic E-state index is -0.0264. The number of rotatable bonds is 4. The van der Waals surface area contributed by atoms with Crippen LogP contribution in [0.25, 0.3) is 0 Å². The van der Waals surface area contributed by atoms with Crippen molar-refractivity contribution in [2.24, 2.45) is 7.05 Å². The molecule has 94 valence electrons. The van der Waals surface area contributed by atoms with Gasteiger partial charge >= 0.3 is 0 Å². The van der Waals surface area contributed by atoms with Gasteiger partial charge in [-0.25, -0.2) is 4.68 Å². The second-order valence-corrected chi connectivity index (χ2v) is 4.52. The van der Waals surface area contributed by atoms with E-state index in [1.165, 1.54) is 0 Å². The molecule has 2 aromatic rings. The SMILES string of the molecule is Cn1cc(CC(=O)c2cn(C3CNC3)nn2)cn1. The zero-order valence-corrected chi connectivity index (χ0v) is 10.1. The summed E-state index contributed by atoms with van der Waals surface area (Å²) in [6.07, 6.45) is 5.57. The Labute approximate surface area is 104 Å². The van der Waals surface area contributed by atoms with Gasteiger partial charge in [0, 0.05) is 32.8 Å². The van der Waals surface area contributed by atoms with E-state index in [0.29, 0.717) is 18.2 Å². The Hall–Kier alpha value is -2.02. The summed E-state index contributed by atoms with van der Waals surface area (Å²) in [5.74, 6) is -0.0264. The third-order valence-corrected chi connectivity index (χ3v) is 3.05. The number of hydrogen-bond acceptors (Lipinski definition) is 5. The zero-order chi connectivity index (χ0) is 12.5. The van der Waals surface area contributed by atoms with Gasteiger partial charge in [0.15, 0.2) is 5.78 Å². The van der Waals surface area contributed by atoms with Crippen molar-refractivity contribution in [2.75, 3.05) is 13.1 Å². The van der Waals surface area contributed by atoms with Crippen molar-refractivity contribution in [3.63, 3.8) is 0 Å². The van der Waals surface area contributed by atoms with Crippen molar-refractivity contribution in [3.05, 3.63) is 29.8 Å². The number of Topliss-reactive ketones (excluding diaryl/α,β-unsaturated/α-hetero) is 1. The summed E-state index contributed by atoms with van der Waals surface area (Å²) < 4.78 is 3.44. The van der Waals surface area contributed by atoms with Gasteiger partial charge in [0.25, 0.3) is 0 Å². The van der Waals surface area contributed by atoms with Crippen molar-refractivity contribution >= 4 is 5.78 Å². The largest absolute Gasteiger partial charge is 0.312 e. The van der Waals surface area contributed by atoms with E-state index < -0.39 is 0 Å². The summed E-state index contributed by atoms with van der Waals surface area (Å²) in [4.78, 5) is 12.0. The molecule has 0 spiro atoms. The monoisotopic (exact) mass is 246 g/mol. The van der Waals surface area contributed by atoms with Crippen molar-refractivity contribution in [3.8, 4) is 0 Å². The molecule has 0 amide bonds. The first-order chi connectivity index (χ1) is 8.72. The quantitative estimate of drug-likeness (QED) is 0.741. The van der Waals surface area contributed by atoms with E-state index in [-0.39, 0.29) is 5.78 Å². The molecule has 0 bridgehead atoms. The van der Waals surface area contributed by atoms with E-state index in [9.17, 15) is 4.79 Å². The van der Waals surface area contributed by atoms with Crippen LogP contribution in [0, 0.1) is 0 Å². The topological polar surface area (TPSA) is 77.6 Å². The molecule has 0 aromatic carbocycles. The number of carbonyl (C=O) groups is 1. The number of aryl methyl sites for hydroxylation is 1. The first kappa shape index (κ1) is 11.1. The molecule has 3 heterocycles. The molecule has 0 aliphatic carbocycles. The molecule has 7 nitrogen and oxygen atoms in total. The molecule has 3 rings (SSSR count). The molecule has 1 aliphatic heterocycles. The highest BCUT2D eigenvalue weighted by atomic mass is 16.1. The highest BCUT2D eigenvalue weighted by Gasteiger charge is 2.21. The highest BCUT2D eigenvalue weighted by Crippen LogP contribution is 2.11. The minimum Gasteiger partial charge on any atom is -0.312 e. The highest BCUT2D eigenvalue weighted by molar-refractivity contribution is 5.95. The fourth-order valence-corrected chi connectivity index (χ4v) is 1.88. The van der Waals surface area contributed by atoms with E-state index in [1.807, 2.05) is 13.2 Å². The van der Waals surface area contributed by atoms with Crippen LogP contribution in [-0.2, 0) is 13.5 Å². The van der Waals surface area contributed by atoms with Crippen LogP contribution in [-0.4, -0.2) is 43.6 Å². The summed E-state index contributed by atoms with van der Waals surface area (Å²) in [7, 11) is 1.83. The lowest BCUT2D eigenvalue weighted by Crippen LogP contribution is -2.43. The normalized spacial score (nSPS) is 15.6. The lowest BCUT2D eigenvalue weighted by Gasteiger charge is -2.26. The predicted molar refractivity (Wildman–Crippen MR) is 63.2 cm³/mol. The molecular formula is C11H14N6O. The average Bonchev–Trinajstić information content (AvgIpc) is 2.86. The minimum absolute atomic E-state index is 0.0264. The smallest absolute Gasteiger partial charge is 0.189 e. The van der Waals surface area contributed by atoms with Crippen LogP contribution in [0.4, 0.5) is 0 Å². The molecule has 18 heavy (non-hydrogen) atoms. The van der Waals surface area contributed by atoms with Crippen LogP contribution in [0.3, 0.4) is 0 Å². The molecule has 1 fully saturated rings. The Balaban J connectivity index is 1.70. The van der Waals surface area contributed by atoms with Gasteiger partial charge < -0.3 is 5.32 Å². The number of ketones is 1. The van der Waals surface area contributed by atoms with Gasteiger partial charge in [-0.15, -0.1) is 5.10 Å². The molecule has 0 atom stereocenters. The number of hydrogen-bond donors (Lipinski definition) is 1. The Morgan fingerprint density at radius 3 is 2.94 bits per heavy atom. The standard InChI is InChI=1S/C11H14N6O/c1-16-6-8(3-13-16)2-11(18)10-7-17(15-14-10)9-4-12-5-9/h3,6-7,9,12H,2,4-5H2,1H3. The molecule has 0 unspecified atom stereocenters. The molecule has 7 heteroatoms. The Morgan fingerprint density at radius 1 is 1.50 bits per heavy atom. The maximum absolute atomic E-state index is 12.0. The first-order valence-corrected chi connectivity index (χ1v) is 5.85. The summed E-state index contributed by atoms with van der Waals surface area (Å²) in [6.45, 7) is 1.78. The van der Waals surface area contributed by atoms with E-state index in [1.54, 1.807) is 21.8 Å². The second kappa shape index (κ2) is 4.34. The van der Waals surface area contributed by atoms with Crippen molar-refractivity contribution in [2.45, 2.75) is 12.5 Å². The van der Waals surface area contributed by atoms with E-state index >= 15 is 0 Å². The molecule has 0 radical (unpaired) electrons. The third kappa shape index (κ3) is 2.04. The lowest BCUT2D eigenvalue weighted by molar-refractivity contribution is 0.0988. The number of nitrogens with zero attached hydrogens (tertiary/aromatic N) is 5. The van der Waals surface area contributed by atoms with Gasteiger partial charge in [0.05, 0.1) is 18.4 Å². The molecule has 1 saturated heterocycles. The average molecular weight is 246 g/mol. The van der Waals surface area contributed by atoms with Gasteiger partial charge in [-0.1, -0.05) is 5.21 Å². The lowest BCUT2D eigenvalue weighted by atomic mass is 10.1. The number of carbonyl (C=O) groups excluding carboxylic acids is 1. The van der Waals surface area contributed by atoms with Crippen molar-refractivity contribution in [1.82, 2.24) is 30.1 Å². The predicted octanol–water partition coefficient (Wildman–Crippen LogP) is -0.419. The second-order valence-electron chi connectivity index (χ2n) is 4.52. The van der Waals surface area contributed by atoms with Crippen LogP contribution < -0.4 is 5.32 Å². The van der Waals surface area contributed by atoms with E-state index in [0.717, 1.165) is 18.7 Å².